The first-order valence-electron chi connectivity index (χ1n) is 4.84. The van der Waals surface area contributed by atoms with Crippen LogP contribution in [0.1, 0.15) is 23.5 Å². The Kier molecular flexibility index (Phi) is 2.88. The summed E-state index contributed by atoms with van der Waals surface area (Å²) >= 11 is 3.41. The van der Waals surface area contributed by atoms with E-state index in [0.29, 0.717) is 5.92 Å². The van der Waals surface area contributed by atoms with Crippen LogP contribution < -0.4 is 5.32 Å². The lowest BCUT2D eigenvalue weighted by Crippen LogP contribution is -2.09. The van der Waals surface area contributed by atoms with E-state index in [9.17, 15) is 4.39 Å². The molecule has 3 heteroatoms. The second-order valence-corrected chi connectivity index (χ2v) is 4.73. The molecule has 0 saturated carbocycles. The van der Waals surface area contributed by atoms with Crippen LogP contribution in [0.25, 0.3) is 0 Å². The molecule has 76 valence electrons. The van der Waals surface area contributed by atoms with Crippen molar-refractivity contribution in [3.63, 3.8) is 0 Å². The van der Waals surface area contributed by atoms with Gasteiger partial charge in [0.1, 0.15) is 5.82 Å². The van der Waals surface area contributed by atoms with Crippen molar-refractivity contribution in [1.29, 1.82) is 0 Å². The average molecular weight is 258 g/mol. The molecule has 0 aliphatic carbocycles. The number of halogens is 2. The van der Waals surface area contributed by atoms with Crippen LogP contribution in [-0.2, 0) is 0 Å². The van der Waals surface area contributed by atoms with Gasteiger partial charge in [0, 0.05) is 16.9 Å². The molecule has 0 aromatic heterocycles. The van der Waals surface area contributed by atoms with Crippen molar-refractivity contribution >= 4 is 15.9 Å². The highest BCUT2D eigenvalue weighted by Crippen LogP contribution is 2.29. The van der Waals surface area contributed by atoms with Gasteiger partial charge in [-0.2, -0.15) is 0 Å². The van der Waals surface area contributed by atoms with Gasteiger partial charge in [0.15, 0.2) is 0 Å². The topological polar surface area (TPSA) is 12.0 Å². The third-order valence-corrected chi connectivity index (χ3v) is 3.21. The van der Waals surface area contributed by atoms with Crippen molar-refractivity contribution in [2.24, 2.45) is 0 Å². The van der Waals surface area contributed by atoms with Crippen LogP contribution in [0.3, 0.4) is 0 Å². The van der Waals surface area contributed by atoms with Crippen molar-refractivity contribution < 1.29 is 4.39 Å². The van der Waals surface area contributed by atoms with E-state index in [1.165, 1.54) is 0 Å². The van der Waals surface area contributed by atoms with Gasteiger partial charge in [-0.05, 0) is 43.1 Å². The Morgan fingerprint density at radius 3 is 2.93 bits per heavy atom. The molecule has 2 rings (SSSR count). The summed E-state index contributed by atoms with van der Waals surface area (Å²) in [4.78, 5) is 0. The van der Waals surface area contributed by atoms with E-state index >= 15 is 0 Å². The molecular formula is C11H13BrFN. The van der Waals surface area contributed by atoms with Gasteiger partial charge in [-0.15, -0.1) is 0 Å². The van der Waals surface area contributed by atoms with Crippen LogP contribution in [0.2, 0.25) is 0 Å². The Labute approximate surface area is 91.8 Å². The van der Waals surface area contributed by atoms with Crippen LogP contribution >= 0.6 is 15.9 Å². The molecule has 1 heterocycles. The van der Waals surface area contributed by atoms with Crippen molar-refractivity contribution in [2.75, 3.05) is 13.1 Å². The molecule has 1 aliphatic heterocycles. The molecule has 1 aromatic rings. The third-order valence-electron chi connectivity index (χ3n) is 2.75. The summed E-state index contributed by atoms with van der Waals surface area (Å²) in [6.45, 7) is 3.70. The molecule has 0 amide bonds. The van der Waals surface area contributed by atoms with Crippen LogP contribution in [0.5, 0.6) is 0 Å². The lowest BCUT2D eigenvalue weighted by molar-refractivity contribution is 0.580. The fraction of sp³-hybridized carbons (Fsp3) is 0.455. The van der Waals surface area contributed by atoms with E-state index in [1.807, 2.05) is 19.1 Å². The van der Waals surface area contributed by atoms with E-state index < -0.39 is 0 Å². The molecule has 0 spiro atoms. The van der Waals surface area contributed by atoms with Gasteiger partial charge >= 0.3 is 0 Å². The van der Waals surface area contributed by atoms with E-state index in [-0.39, 0.29) is 5.82 Å². The predicted molar refractivity (Wildman–Crippen MR) is 59.1 cm³/mol. The van der Waals surface area contributed by atoms with Crippen LogP contribution in [-0.4, -0.2) is 13.1 Å². The molecular weight excluding hydrogens is 245 g/mol. The SMILES string of the molecule is Cc1cc(Br)cc(C2CCNC2)c1F. The molecule has 1 atom stereocenters. The van der Waals surface area contributed by atoms with Crippen molar-refractivity contribution in [3.8, 4) is 0 Å². The maximum Gasteiger partial charge on any atom is 0.129 e. The normalized spacial score (nSPS) is 21.5. The predicted octanol–water partition coefficient (Wildman–Crippen LogP) is 2.97. The van der Waals surface area contributed by atoms with Gasteiger partial charge in [0.05, 0.1) is 0 Å². The third kappa shape index (κ3) is 1.84. The molecule has 1 nitrogen and oxygen atoms in total. The minimum absolute atomic E-state index is 0.0399. The zero-order valence-electron chi connectivity index (χ0n) is 8.11. The van der Waals surface area contributed by atoms with Gasteiger partial charge in [-0.3, -0.25) is 0 Å². The molecule has 1 N–H and O–H groups in total. The summed E-state index contributed by atoms with van der Waals surface area (Å²) in [5.74, 6) is 0.299. The fourth-order valence-electron chi connectivity index (χ4n) is 1.97. The number of benzene rings is 1. The van der Waals surface area contributed by atoms with Gasteiger partial charge in [-0.25, -0.2) is 4.39 Å². The Balaban J connectivity index is 2.40. The molecule has 1 unspecified atom stereocenters. The van der Waals surface area contributed by atoms with Gasteiger partial charge in [0.2, 0.25) is 0 Å². The van der Waals surface area contributed by atoms with Crippen LogP contribution in [0, 0.1) is 12.7 Å². The molecule has 0 radical (unpaired) electrons. The molecule has 14 heavy (non-hydrogen) atoms. The first-order chi connectivity index (χ1) is 6.68. The summed E-state index contributed by atoms with van der Waals surface area (Å²) in [5.41, 5.74) is 1.57. The highest BCUT2D eigenvalue weighted by Gasteiger charge is 2.21. The summed E-state index contributed by atoms with van der Waals surface area (Å²) in [5, 5.41) is 3.25. The molecule has 1 saturated heterocycles. The van der Waals surface area contributed by atoms with Crippen LogP contribution in [0.15, 0.2) is 16.6 Å². The minimum Gasteiger partial charge on any atom is -0.316 e. The maximum absolute atomic E-state index is 13.8. The monoisotopic (exact) mass is 257 g/mol. The summed E-state index contributed by atoms with van der Waals surface area (Å²) < 4.78 is 14.8. The van der Waals surface area contributed by atoms with E-state index in [1.54, 1.807) is 0 Å². The minimum atomic E-state index is -0.0399. The molecule has 1 aliphatic rings. The van der Waals surface area contributed by atoms with Crippen molar-refractivity contribution in [1.82, 2.24) is 5.32 Å². The Hall–Kier alpha value is -0.410. The zero-order chi connectivity index (χ0) is 10.1. The van der Waals surface area contributed by atoms with Gasteiger partial charge in [-0.1, -0.05) is 15.9 Å². The largest absolute Gasteiger partial charge is 0.316 e. The quantitative estimate of drug-likeness (QED) is 0.816. The van der Waals surface area contributed by atoms with Gasteiger partial charge in [0.25, 0.3) is 0 Å². The lowest BCUT2D eigenvalue weighted by atomic mass is 9.96. The Morgan fingerprint density at radius 1 is 1.50 bits per heavy atom. The van der Waals surface area contributed by atoms with E-state index in [0.717, 1.165) is 35.1 Å². The first-order valence-corrected chi connectivity index (χ1v) is 5.64. The Bertz CT molecular complexity index is 345. The number of aryl methyl sites for hydroxylation is 1. The maximum atomic E-state index is 13.8. The number of rotatable bonds is 1. The van der Waals surface area contributed by atoms with Crippen molar-refractivity contribution in [2.45, 2.75) is 19.3 Å². The van der Waals surface area contributed by atoms with Crippen molar-refractivity contribution in [3.05, 3.63) is 33.5 Å². The fourth-order valence-corrected chi connectivity index (χ4v) is 2.56. The number of hydrogen-bond donors (Lipinski definition) is 1. The number of hydrogen-bond acceptors (Lipinski definition) is 1. The second-order valence-electron chi connectivity index (χ2n) is 3.82. The van der Waals surface area contributed by atoms with Gasteiger partial charge < -0.3 is 5.32 Å². The van der Waals surface area contributed by atoms with E-state index in [4.69, 9.17) is 0 Å². The first kappa shape index (κ1) is 10.1. The average Bonchev–Trinajstić information content (AvgIpc) is 2.63. The number of nitrogens with one attached hydrogen (secondary N) is 1. The standard InChI is InChI=1S/C11H13BrFN/c1-7-4-9(12)5-10(11(7)13)8-2-3-14-6-8/h4-5,8,14H,2-3,6H2,1H3. The smallest absolute Gasteiger partial charge is 0.129 e. The second kappa shape index (κ2) is 3.99. The Morgan fingerprint density at radius 2 is 2.29 bits per heavy atom. The highest BCUT2D eigenvalue weighted by atomic mass is 79.9. The zero-order valence-corrected chi connectivity index (χ0v) is 9.70. The summed E-state index contributed by atoms with van der Waals surface area (Å²) in [7, 11) is 0. The van der Waals surface area contributed by atoms with Crippen LogP contribution in [0.4, 0.5) is 4.39 Å². The van der Waals surface area contributed by atoms with E-state index in [2.05, 4.69) is 21.2 Å². The summed E-state index contributed by atoms with van der Waals surface area (Å²) in [6.07, 6.45) is 1.03. The molecule has 1 aromatic carbocycles. The lowest BCUT2D eigenvalue weighted by Gasteiger charge is -2.12. The summed E-state index contributed by atoms with van der Waals surface area (Å²) in [6, 6.07) is 3.72. The highest BCUT2D eigenvalue weighted by molar-refractivity contribution is 9.10. The molecule has 1 fully saturated rings. The molecule has 0 bridgehead atoms.